The number of allylic oxidation sites excluding steroid dienone is 1. The van der Waals surface area contributed by atoms with Crippen molar-refractivity contribution in [3.63, 3.8) is 0 Å². The van der Waals surface area contributed by atoms with Crippen LogP contribution in [0.4, 0.5) is 5.69 Å². The maximum atomic E-state index is 5.61. The van der Waals surface area contributed by atoms with Crippen LogP contribution in [0.2, 0.25) is 0 Å². The molecule has 1 aliphatic carbocycles. The van der Waals surface area contributed by atoms with Gasteiger partial charge in [-0.1, -0.05) is 166 Å². The van der Waals surface area contributed by atoms with Gasteiger partial charge in [0.15, 0.2) is 0 Å². The molecule has 9 aromatic rings. The van der Waals surface area contributed by atoms with Gasteiger partial charge in [0.05, 0.1) is 16.7 Å². The molecule has 2 heteroatoms. The molecule has 0 N–H and O–H groups in total. The normalized spacial score (nSPS) is 15.3. The first-order valence-corrected chi connectivity index (χ1v) is 20.9. The average molecular weight is 757 g/mol. The number of rotatable bonds is 5. The molecule has 2 aliphatic rings. The first-order chi connectivity index (χ1) is 29.0. The van der Waals surface area contributed by atoms with Crippen LogP contribution in [0.5, 0.6) is 0 Å². The van der Waals surface area contributed by atoms with Gasteiger partial charge < -0.3 is 4.57 Å². The Bertz CT molecular complexity index is 3120. The van der Waals surface area contributed by atoms with Gasteiger partial charge in [0.1, 0.15) is 0 Å². The van der Waals surface area contributed by atoms with E-state index in [0.717, 1.165) is 41.9 Å². The van der Waals surface area contributed by atoms with Crippen molar-refractivity contribution in [2.45, 2.75) is 38.5 Å². The van der Waals surface area contributed by atoms with Gasteiger partial charge in [0, 0.05) is 33.1 Å². The molecule has 0 amide bonds. The second kappa shape index (κ2) is 14.1. The summed E-state index contributed by atoms with van der Waals surface area (Å²) in [5.74, 6) is 0. The van der Waals surface area contributed by atoms with Gasteiger partial charge in [-0.3, -0.25) is 4.99 Å². The Kier molecular flexibility index (Phi) is 8.41. The molecule has 0 saturated heterocycles. The fourth-order valence-electron chi connectivity index (χ4n) is 9.73. The first kappa shape index (κ1) is 35.2. The highest BCUT2D eigenvalue weighted by Gasteiger charge is 2.36. The SMILES string of the molecule is CC1(C)c2ccccc2-c2cc3c4ccccc4n(-c4cc(C5=Nc6ccccc6/C(c6ccc(-c7ccccc7)cc6)=C\CCC5)cc(-c5ccccc5)c4)c3cc21. The van der Waals surface area contributed by atoms with E-state index in [1.54, 1.807) is 0 Å². The molecule has 11 rings (SSSR count). The van der Waals surface area contributed by atoms with Crippen molar-refractivity contribution in [1.82, 2.24) is 4.57 Å². The van der Waals surface area contributed by atoms with Crippen LogP contribution in [0.3, 0.4) is 0 Å². The van der Waals surface area contributed by atoms with Crippen molar-refractivity contribution >= 4 is 38.8 Å². The predicted molar refractivity (Wildman–Crippen MR) is 249 cm³/mol. The van der Waals surface area contributed by atoms with Gasteiger partial charge in [-0.05, 0) is 123 Å². The van der Waals surface area contributed by atoms with Gasteiger partial charge >= 0.3 is 0 Å². The summed E-state index contributed by atoms with van der Waals surface area (Å²) in [6.45, 7) is 4.75. The first-order valence-electron chi connectivity index (χ1n) is 20.9. The highest BCUT2D eigenvalue weighted by Crippen LogP contribution is 2.51. The lowest BCUT2D eigenvalue weighted by atomic mass is 9.82. The number of hydrogen-bond acceptors (Lipinski definition) is 1. The van der Waals surface area contributed by atoms with Crippen LogP contribution >= 0.6 is 0 Å². The largest absolute Gasteiger partial charge is 0.309 e. The van der Waals surface area contributed by atoms with E-state index in [9.17, 15) is 0 Å². The third kappa shape index (κ3) is 5.98. The number of fused-ring (bicyclic) bond motifs is 7. The van der Waals surface area contributed by atoms with Gasteiger partial charge in [-0.15, -0.1) is 0 Å². The highest BCUT2D eigenvalue weighted by atomic mass is 15.0. The lowest BCUT2D eigenvalue weighted by Crippen LogP contribution is -2.15. The lowest BCUT2D eigenvalue weighted by molar-refractivity contribution is 0.661. The smallest absolute Gasteiger partial charge is 0.0711 e. The fourth-order valence-corrected chi connectivity index (χ4v) is 9.73. The van der Waals surface area contributed by atoms with Crippen LogP contribution in [0.1, 0.15) is 60.9 Å². The Labute approximate surface area is 346 Å². The fraction of sp³-hybridized carbons (Fsp3) is 0.105. The topological polar surface area (TPSA) is 17.3 Å². The Balaban J connectivity index is 1.08. The molecule has 8 aromatic carbocycles. The molecule has 282 valence electrons. The summed E-state index contributed by atoms with van der Waals surface area (Å²) in [4.78, 5) is 5.61. The number of aliphatic imine (C=N–C) groups is 1. The van der Waals surface area contributed by atoms with E-state index in [4.69, 9.17) is 4.99 Å². The molecular formula is C57H44N2. The molecule has 0 saturated carbocycles. The van der Waals surface area contributed by atoms with E-state index in [-0.39, 0.29) is 5.41 Å². The molecule has 2 nitrogen and oxygen atoms in total. The minimum atomic E-state index is -0.102. The Morgan fingerprint density at radius 1 is 0.458 bits per heavy atom. The summed E-state index contributed by atoms with van der Waals surface area (Å²) in [6, 6.07) is 69.1. The van der Waals surface area contributed by atoms with Crippen LogP contribution in [0.25, 0.3) is 66.4 Å². The summed E-state index contributed by atoms with van der Waals surface area (Å²) in [5.41, 5.74) is 20.7. The Morgan fingerprint density at radius 3 is 1.88 bits per heavy atom. The van der Waals surface area contributed by atoms with Crippen LogP contribution in [-0.2, 0) is 5.41 Å². The molecule has 1 aromatic heterocycles. The van der Waals surface area contributed by atoms with Crippen molar-refractivity contribution in [3.05, 3.63) is 222 Å². The van der Waals surface area contributed by atoms with Crippen molar-refractivity contribution in [3.8, 4) is 39.1 Å². The second-order valence-corrected chi connectivity index (χ2v) is 16.6. The number of para-hydroxylation sites is 2. The van der Waals surface area contributed by atoms with E-state index in [0.29, 0.717) is 0 Å². The van der Waals surface area contributed by atoms with Gasteiger partial charge in [-0.2, -0.15) is 0 Å². The number of aromatic nitrogens is 1. The van der Waals surface area contributed by atoms with Crippen molar-refractivity contribution in [2.24, 2.45) is 4.99 Å². The minimum Gasteiger partial charge on any atom is -0.309 e. The van der Waals surface area contributed by atoms with E-state index in [2.05, 4.69) is 213 Å². The maximum Gasteiger partial charge on any atom is 0.0711 e. The number of nitrogens with zero attached hydrogens (tertiary/aromatic N) is 2. The van der Waals surface area contributed by atoms with Crippen LogP contribution in [0, 0.1) is 0 Å². The van der Waals surface area contributed by atoms with Gasteiger partial charge in [0.25, 0.3) is 0 Å². The summed E-state index contributed by atoms with van der Waals surface area (Å²) >= 11 is 0. The molecule has 0 atom stereocenters. The van der Waals surface area contributed by atoms with Crippen molar-refractivity contribution < 1.29 is 0 Å². The summed E-state index contributed by atoms with van der Waals surface area (Å²) < 4.78 is 2.50. The molecule has 0 unspecified atom stereocenters. The van der Waals surface area contributed by atoms with E-state index in [1.807, 2.05) is 0 Å². The standard InChI is InChI=1S/C57H44N2/c1-57(2)51-25-13-9-22-46(51)49-36-50-48-24-12-16-28-55(48)59(56(50)37-52(49)57)44-34-42(39-19-7-4-8-20-39)33-43(35-44)53-26-14-10-21-45(47-23-11-15-27-54(47)58-53)41-31-29-40(30-32-41)38-17-5-3-6-18-38/h3-9,11-13,15-25,27-37H,10,14,26H2,1-2H3/b45-21-,58-53?. The monoisotopic (exact) mass is 756 g/mol. The zero-order valence-electron chi connectivity index (χ0n) is 33.5. The average Bonchev–Trinajstić information content (AvgIpc) is 3.76. The minimum absolute atomic E-state index is 0.102. The molecule has 0 bridgehead atoms. The van der Waals surface area contributed by atoms with Gasteiger partial charge in [0.2, 0.25) is 0 Å². The molecule has 0 fully saturated rings. The Morgan fingerprint density at radius 2 is 1.08 bits per heavy atom. The zero-order valence-corrected chi connectivity index (χ0v) is 33.5. The summed E-state index contributed by atoms with van der Waals surface area (Å²) in [5, 5.41) is 2.55. The number of benzene rings is 8. The third-order valence-electron chi connectivity index (χ3n) is 12.7. The third-order valence-corrected chi connectivity index (χ3v) is 12.7. The highest BCUT2D eigenvalue weighted by molar-refractivity contribution is 6.12. The predicted octanol–water partition coefficient (Wildman–Crippen LogP) is 15.2. The van der Waals surface area contributed by atoms with E-state index in [1.165, 1.54) is 83.0 Å². The van der Waals surface area contributed by atoms with E-state index < -0.39 is 0 Å². The second-order valence-electron chi connectivity index (χ2n) is 16.6. The quantitative estimate of drug-likeness (QED) is 0.166. The van der Waals surface area contributed by atoms with E-state index >= 15 is 0 Å². The Hall–Kier alpha value is -7.03. The maximum absolute atomic E-state index is 5.61. The number of hydrogen-bond donors (Lipinski definition) is 0. The molecule has 59 heavy (non-hydrogen) atoms. The molecule has 1 aliphatic heterocycles. The lowest BCUT2D eigenvalue weighted by Gasteiger charge is -2.22. The summed E-state index contributed by atoms with van der Waals surface area (Å²) in [6.07, 6.45) is 5.26. The summed E-state index contributed by atoms with van der Waals surface area (Å²) in [7, 11) is 0. The molecule has 0 spiro atoms. The molecule has 2 heterocycles. The van der Waals surface area contributed by atoms with Crippen LogP contribution in [0.15, 0.2) is 199 Å². The molecule has 0 radical (unpaired) electrons. The van der Waals surface area contributed by atoms with Gasteiger partial charge in [-0.25, -0.2) is 0 Å². The van der Waals surface area contributed by atoms with Crippen LogP contribution in [-0.4, -0.2) is 10.3 Å². The zero-order chi connectivity index (χ0) is 39.5. The van der Waals surface area contributed by atoms with Crippen LogP contribution < -0.4 is 0 Å². The molecular weight excluding hydrogens is 713 g/mol. The van der Waals surface area contributed by atoms with Crippen molar-refractivity contribution in [1.29, 1.82) is 0 Å². The van der Waals surface area contributed by atoms with Crippen molar-refractivity contribution in [2.75, 3.05) is 0 Å².